The molecule has 3 N–H and O–H groups in total. The topological polar surface area (TPSA) is 134 Å². The first-order valence-electron chi connectivity index (χ1n) is 36.0. The molecule has 2 unspecified atom stereocenters. The zero-order valence-electron chi connectivity index (χ0n) is 56.9. The fourth-order valence-electron chi connectivity index (χ4n) is 9.68. The third kappa shape index (κ3) is 72.6. The Morgan fingerprint density at radius 3 is 0.865 bits per heavy atom. The van der Waals surface area contributed by atoms with Gasteiger partial charge in [-0.05, 0) is 122 Å². The molecule has 0 aromatic heterocycles. The van der Waals surface area contributed by atoms with Gasteiger partial charge in [-0.3, -0.25) is 18.6 Å². The molecule has 0 fully saturated rings. The number of carbonyl (C=O) groups is 2. The highest BCUT2D eigenvalue weighted by Gasteiger charge is 2.26. The minimum Gasteiger partial charge on any atom is -0.462 e. The van der Waals surface area contributed by atoms with Gasteiger partial charge in [0.25, 0.3) is 0 Å². The molecule has 0 aromatic rings. The van der Waals surface area contributed by atoms with Gasteiger partial charge in [0.05, 0.1) is 13.2 Å². The second kappa shape index (κ2) is 72.7. The van der Waals surface area contributed by atoms with Crippen LogP contribution in [0.15, 0.2) is 158 Å². The number of unbranched alkanes of at least 4 members (excludes halogenated alkanes) is 27. The number of hydrogen-bond donors (Lipinski definition) is 2. The molecule has 0 heterocycles. The third-order valence-electron chi connectivity index (χ3n) is 14.9. The Hall–Kier alpha value is -4.37. The van der Waals surface area contributed by atoms with Crippen LogP contribution >= 0.6 is 7.82 Å². The van der Waals surface area contributed by atoms with Crippen molar-refractivity contribution in [2.24, 2.45) is 5.73 Å². The van der Waals surface area contributed by atoms with Crippen molar-refractivity contribution in [3.63, 3.8) is 0 Å². The highest BCUT2D eigenvalue weighted by molar-refractivity contribution is 7.47. The van der Waals surface area contributed by atoms with Crippen LogP contribution in [0.2, 0.25) is 0 Å². The van der Waals surface area contributed by atoms with Gasteiger partial charge in [-0.1, -0.05) is 320 Å². The number of esters is 2. The van der Waals surface area contributed by atoms with Crippen LogP contribution in [0, 0.1) is 0 Å². The Bertz CT molecular complexity index is 2020. The Morgan fingerprint density at radius 1 is 0.337 bits per heavy atom. The molecule has 506 valence electrons. The zero-order valence-corrected chi connectivity index (χ0v) is 57.8. The molecule has 0 spiro atoms. The molecule has 10 heteroatoms. The standard InChI is InChI=1S/C79H132NO8P/c1-3-5-7-9-11-13-15-17-19-21-23-25-27-29-31-33-35-37-38-40-42-44-46-48-50-52-54-56-58-60-62-64-66-68-70-72-79(82)88-77(76-87-89(83,84)86-74-73-80)75-85-78(81)71-69-67-65-63-61-59-57-55-53-51-49-47-45-43-41-39-36-34-32-30-28-26-24-22-20-18-16-14-12-10-8-6-4-2/h5-8,11-14,17-20,23-26,29,31,35,37,40,42,46,48,52,54,77H,3-4,9-10,15-16,21-22,27-28,30,32-34,36,38-39,41,43-45,47,49-51,53,55-76,80H2,1-2H3,(H,83,84)/b7-5-,8-6-,13-11-,14-12-,19-17-,20-18-,25-23-,26-24-,31-29-,37-35-,42-40-,48-46-,54-52-. The molecule has 0 aliphatic carbocycles. The van der Waals surface area contributed by atoms with E-state index in [2.05, 4.69) is 172 Å². The maximum absolute atomic E-state index is 12.8. The van der Waals surface area contributed by atoms with Gasteiger partial charge in [0.15, 0.2) is 6.10 Å². The van der Waals surface area contributed by atoms with Gasteiger partial charge in [0, 0.05) is 19.4 Å². The minimum absolute atomic E-state index is 0.0451. The summed E-state index contributed by atoms with van der Waals surface area (Å²) in [6, 6.07) is 0. The summed E-state index contributed by atoms with van der Waals surface area (Å²) < 4.78 is 33.2. The Balaban J connectivity index is 3.93. The van der Waals surface area contributed by atoms with Crippen molar-refractivity contribution in [1.29, 1.82) is 0 Å². The van der Waals surface area contributed by atoms with Crippen molar-refractivity contribution in [3.8, 4) is 0 Å². The highest BCUT2D eigenvalue weighted by atomic mass is 31.2. The molecule has 0 saturated carbocycles. The van der Waals surface area contributed by atoms with E-state index in [-0.39, 0.29) is 38.6 Å². The lowest BCUT2D eigenvalue weighted by Crippen LogP contribution is -2.29. The van der Waals surface area contributed by atoms with E-state index in [0.29, 0.717) is 6.42 Å². The summed E-state index contributed by atoms with van der Waals surface area (Å²) in [4.78, 5) is 35.4. The van der Waals surface area contributed by atoms with E-state index in [9.17, 15) is 19.0 Å². The molecule has 0 aromatic carbocycles. The average Bonchev–Trinajstić information content (AvgIpc) is 3.66. The second-order valence-corrected chi connectivity index (χ2v) is 24.8. The van der Waals surface area contributed by atoms with Crippen molar-refractivity contribution in [2.45, 2.75) is 302 Å². The van der Waals surface area contributed by atoms with Gasteiger partial charge in [-0.25, -0.2) is 4.57 Å². The van der Waals surface area contributed by atoms with Crippen LogP contribution in [0.1, 0.15) is 296 Å². The summed E-state index contributed by atoms with van der Waals surface area (Å²) in [5.74, 6) is -0.841. The van der Waals surface area contributed by atoms with E-state index in [4.69, 9.17) is 24.3 Å². The second-order valence-electron chi connectivity index (χ2n) is 23.3. The summed E-state index contributed by atoms with van der Waals surface area (Å²) in [7, 11) is -4.41. The molecule has 0 aliphatic heterocycles. The lowest BCUT2D eigenvalue weighted by atomic mass is 10.0. The first kappa shape index (κ1) is 84.6. The molecular weight excluding hydrogens is 1120 g/mol. The maximum atomic E-state index is 12.8. The number of phosphoric acid groups is 1. The molecule has 9 nitrogen and oxygen atoms in total. The van der Waals surface area contributed by atoms with Gasteiger partial charge in [-0.15, -0.1) is 0 Å². The monoisotopic (exact) mass is 1250 g/mol. The summed E-state index contributed by atoms with van der Waals surface area (Å²) in [6.07, 6.45) is 106. The summed E-state index contributed by atoms with van der Waals surface area (Å²) in [5, 5.41) is 0. The summed E-state index contributed by atoms with van der Waals surface area (Å²) in [6.45, 7) is 3.52. The maximum Gasteiger partial charge on any atom is 0.472 e. The van der Waals surface area contributed by atoms with Crippen LogP contribution in [0.25, 0.3) is 0 Å². The van der Waals surface area contributed by atoms with Crippen LogP contribution in [-0.4, -0.2) is 49.3 Å². The van der Waals surface area contributed by atoms with Gasteiger partial charge >= 0.3 is 19.8 Å². The number of rotatable bonds is 66. The van der Waals surface area contributed by atoms with Crippen molar-refractivity contribution in [3.05, 3.63) is 158 Å². The van der Waals surface area contributed by atoms with Gasteiger partial charge in [-0.2, -0.15) is 0 Å². The molecule has 0 bridgehead atoms. The smallest absolute Gasteiger partial charge is 0.462 e. The molecule has 0 saturated heterocycles. The van der Waals surface area contributed by atoms with Gasteiger partial charge in [0.2, 0.25) is 0 Å². The van der Waals surface area contributed by atoms with E-state index >= 15 is 0 Å². The third-order valence-corrected chi connectivity index (χ3v) is 15.9. The lowest BCUT2D eigenvalue weighted by Gasteiger charge is -2.19. The quantitative estimate of drug-likeness (QED) is 0.0264. The summed E-state index contributed by atoms with van der Waals surface area (Å²) >= 11 is 0. The largest absolute Gasteiger partial charge is 0.472 e. The number of hydrogen-bond acceptors (Lipinski definition) is 8. The fourth-order valence-corrected chi connectivity index (χ4v) is 10.4. The molecule has 2 atom stereocenters. The zero-order chi connectivity index (χ0) is 64.4. The molecule has 0 rings (SSSR count). The van der Waals surface area contributed by atoms with Gasteiger partial charge < -0.3 is 20.1 Å². The van der Waals surface area contributed by atoms with Gasteiger partial charge in [0.1, 0.15) is 6.61 Å². The first-order chi connectivity index (χ1) is 43.8. The predicted octanol–water partition coefficient (Wildman–Crippen LogP) is 24.0. The van der Waals surface area contributed by atoms with E-state index in [1.165, 1.54) is 135 Å². The van der Waals surface area contributed by atoms with Crippen LogP contribution in [0.4, 0.5) is 0 Å². The number of phosphoric ester groups is 1. The van der Waals surface area contributed by atoms with E-state index in [1.54, 1.807) is 0 Å². The molecule has 0 amide bonds. The lowest BCUT2D eigenvalue weighted by molar-refractivity contribution is -0.161. The van der Waals surface area contributed by atoms with Crippen LogP contribution in [0.5, 0.6) is 0 Å². The van der Waals surface area contributed by atoms with Crippen LogP contribution in [0.3, 0.4) is 0 Å². The van der Waals surface area contributed by atoms with Crippen molar-refractivity contribution in [2.75, 3.05) is 26.4 Å². The van der Waals surface area contributed by atoms with Crippen LogP contribution in [-0.2, 0) is 32.7 Å². The van der Waals surface area contributed by atoms with Crippen molar-refractivity contribution < 1.29 is 37.6 Å². The normalized spacial score (nSPS) is 13.9. The van der Waals surface area contributed by atoms with E-state index < -0.39 is 26.5 Å². The average molecular weight is 1250 g/mol. The van der Waals surface area contributed by atoms with E-state index in [1.807, 2.05) is 0 Å². The number of nitrogens with two attached hydrogens (primary N) is 1. The number of allylic oxidation sites excluding steroid dienone is 26. The minimum atomic E-state index is -4.41. The number of carbonyl (C=O) groups excluding carboxylic acids is 2. The fraction of sp³-hybridized carbons (Fsp3) is 0.646. The Morgan fingerprint density at radius 2 is 0.584 bits per heavy atom. The Labute approximate surface area is 547 Å². The Kier molecular flexibility index (Phi) is 69.1. The van der Waals surface area contributed by atoms with Crippen LogP contribution < -0.4 is 5.73 Å². The predicted molar refractivity (Wildman–Crippen MR) is 385 cm³/mol. The number of ether oxygens (including phenoxy) is 2. The molecule has 0 radical (unpaired) electrons. The SMILES string of the molecule is CC/C=C\C/C=C\C/C=C\C/C=C\C/C=C\C/C=C\C/C=C\C/C=C\C/C=C\CCCCCCCCCC(=O)OC(COC(=O)CCCCCCCCCCCCCCCCCCCCCC/C=C\C/C=C\C/C=C\C/C=C\CC)COP(=O)(O)OCCN. The van der Waals surface area contributed by atoms with Crippen molar-refractivity contribution >= 4 is 19.8 Å². The summed E-state index contributed by atoms with van der Waals surface area (Å²) in [5.41, 5.74) is 5.40. The molecular formula is C79H132NO8P. The van der Waals surface area contributed by atoms with Crippen molar-refractivity contribution in [1.82, 2.24) is 0 Å². The van der Waals surface area contributed by atoms with E-state index in [0.717, 1.165) is 128 Å². The molecule has 0 aliphatic rings. The molecule has 89 heavy (non-hydrogen) atoms. The first-order valence-corrected chi connectivity index (χ1v) is 37.5. The highest BCUT2D eigenvalue weighted by Crippen LogP contribution is 2.43.